The highest BCUT2D eigenvalue weighted by atomic mass is 16.3. The van der Waals surface area contributed by atoms with E-state index in [4.69, 9.17) is 4.99 Å². The molecule has 0 bridgehead atoms. The van der Waals surface area contributed by atoms with Crippen LogP contribution in [-0.4, -0.2) is 59.1 Å². The molecule has 2 N–H and O–H groups in total. The summed E-state index contributed by atoms with van der Waals surface area (Å²) in [4.78, 5) is 18.1. The molecule has 1 heterocycles. The minimum absolute atomic E-state index is 0.104. The van der Waals surface area contributed by atoms with E-state index in [1.807, 2.05) is 12.2 Å². The minimum Gasteiger partial charge on any atom is -0.392 e. The molecule has 5 heteroatoms. The number of nitrogens with zero attached hydrogens (tertiary/aromatic N) is 2. The van der Waals surface area contributed by atoms with Crippen molar-refractivity contribution in [2.45, 2.75) is 89.4 Å². The lowest BCUT2D eigenvalue weighted by atomic mass is 9.88. The van der Waals surface area contributed by atoms with Gasteiger partial charge in [0.05, 0.1) is 18.2 Å². The van der Waals surface area contributed by atoms with E-state index in [-0.39, 0.29) is 24.0 Å². The smallest absolute Gasteiger partial charge is 0.222 e. The SMILES string of the molecule is CCCCC[C@H](O)C=C[C@@H]1[C@@H]2CC(CCCCC(=O)N(C)C)=N[C@H]2C[C@H]1O. The van der Waals surface area contributed by atoms with Gasteiger partial charge in [0, 0.05) is 32.1 Å². The topological polar surface area (TPSA) is 73.1 Å². The first kappa shape index (κ1) is 22.1. The van der Waals surface area contributed by atoms with Crippen LogP contribution in [0, 0.1) is 11.8 Å². The summed E-state index contributed by atoms with van der Waals surface area (Å²) >= 11 is 0. The van der Waals surface area contributed by atoms with Gasteiger partial charge in [-0.2, -0.15) is 0 Å². The Kier molecular flexibility index (Phi) is 8.97. The van der Waals surface area contributed by atoms with Gasteiger partial charge < -0.3 is 15.1 Å². The number of unbranched alkanes of at least 4 members (excludes halogenated alkanes) is 3. The summed E-state index contributed by atoms with van der Waals surface area (Å²) in [5.74, 6) is 0.663. The average molecular weight is 379 g/mol. The number of hydrogen-bond acceptors (Lipinski definition) is 4. The van der Waals surface area contributed by atoms with Crippen LogP contribution in [0.25, 0.3) is 0 Å². The van der Waals surface area contributed by atoms with Crippen LogP contribution < -0.4 is 0 Å². The molecule has 1 fully saturated rings. The van der Waals surface area contributed by atoms with E-state index < -0.39 is 6.10 Å². The van der Waals surface area contributed by atoms with Gasteiger partial charge in [0.1, 0.15) is 0 Å². The van der Waals surface area contributed by atoms with E-state index >= 15 is 0 Å². The Labute approximate surface area is 164 Å². The predicted molar refractivity (Wildman–Crippen MR) is 110 cm³/mol. The highest BCUT2D eigenvalue weighted by molar-refractivity contribution is 5.87. The summed E-state index contributed by atoms with van der Waals surface area (Å²) in [5.41, 5.74) is 1.25. The molecule has 1 aliphatic carbocycles. The molecular formula is C22H38N2O3. The average Bonchev–Trinajstić information content (AvgIpc) is 3.13. The molecule has 0 saturated heterocycles. The van der Waals surface area contributed by atoms with E-state index in [1.54, 1.807) is 19.0 Å². The molecule has 5 atom stereocenters. The zero-order chi connectivity index (χ0) is 19.8. The zero-order valence-corrected chi connectivity index (χ0v) is 17.3. The van der Waals surface area contributed by atoms with Crippen LogP contribution in [0.15, 0.2) is 17.1 Å². The summed E-state index contributed by atoms with van der Waals surface area (Å²) in [5, 5.41) is 20.5. The number of rotatable bonds is 11. The number of fused-ring (bicyclic) bond motifs is 1. The standard InChI is InChI=1S/C22H38N2O3/c1-4-5-6-10-17(25)12-13-18-19-14-16(23-20(19)15-21(18)26)9-7-8-11-22(27)24(2)3/h12-13,17-21,25-26H,4-11,14-15H2,1-3H3/t17-,18+,19-,20-,21+/m0/s1. The van der Waals surface area contributed by atoms with Gasteiger partial charge in [0.25, 0.3) is 0 Å². The monoisotopic (exact) mass is 378 g/mol. The fraction of sp³-hybridized carbons (Fsp3) is 0.818. The third kappa shape index (κ3) is 6.72. The molecule has 0 aromatic carbocycles. The molecule has 0 aromatic heterocycles. The lowest BCUT2D eigenvalue weighted by Gasteiger charge is -2.17. The molecule has 0 radical (unpaired) electrons. The molecule has 1 amide bonds. The lowest BCUT2D eigenvalue weighted by molar-refractivity contribution is -0.128. The Morgan fingerprint density at radius 2 is 2.07 bits per heavy atom. The Morgan fingerprint density at radius 1 is 1.30 bits per heavy atom. The highest BCUT2D eigenvalue weighted by Gasteiger charge is 2.44. The van der Waals surface area contributed by atoms with Gasteiger partial charge in [-0.05, 0) is 44.4 Å². The summed E-state index contributed by atoms with van der Waals surface area (Å²) in [7, 11) is 3.59. The molecule has 0 unspecified atom stereocenters. The number of carbonyl (C=O) groups is 1. The molecule has 5 nitrogen and oxygen atoms in total. The Balaban J connectivity index is 1.76. The first-order valence-electron chi connectivity index (χ1n) is 10.7. The van der Waals surface area contributed by atoms with E-state index in [2.05, 4.69) is 6.92 Å². The fourth-order valence-corrected chi connectivity index (χ4v) is 4.32. The lowest BCUT2D eigenvalue weighted by Crippen LogP contribution is -2.21. The molecule has 154 valence electrons. The number of aliphatic imine (C=N–C) groups is 1. The second-order valence-electron chi connectivity index (χ2n) is 8.45. The number of aliphatic hydroxyl groups excluding tert-OH is 2. The largest absolute Gasteiger partial charge is 0.392 e. The van der Waals surface area contributed by atoms with E-state index in [1.165, 1.54) is 5.71 Å². The zero-order valence-electron chi connectivity index (χ0n) is 17.3. The Morgan fingerprint density at radius 3 is 2.78 bits per heavy atom. The van der Waals surface area contributed by atoms with Crippen LogP contribution in [0.5, 0.6) is 0 Å². The predicted octanol–water partition coefficient (Wildman–Crippen LogP) is 3.34. The van der Waals surface area contributed by atoms with Crippen molar-refractivity contribution in [1.82, 2.24) is 4.90 Å². The van der Waals surface area contributed by atoms with Crippen molar-refractivity contribution in [3.05, 3.63) is 12.2 Å². The molecule has 27 heavy (non-hydrogen) atoms. The maximum atomic E-state index is 11.6. The third-order valence-electron chi connectivity index (χ3n) is 6.00. The van der Waals surface area contributed by atoms with Crippen LogP contribution in [0.1, 0.15) is 71.1 Å². The maximum Gasteiger partial charge on any atom is 0.222 e. The number of aliphatic hydroxyl groups is 2. The van der Waals surface area contributed by atoms with E-state index in [0.717, 1.165) is 57.8 Å². The summed E-state index contributed by atoms with van der Waals surface area (Å²) in [6.45, 7) is 2.16. The van der Waals surface area contributed by atoms with Crippen molar-refractivity contribution in [1.29, 1.82) is 0 Å². The fourth-order valence-electron chi connectivity index (χ4n) is 4.32. The molecule has 0 aromatic rings. The second-order valence-corrected chi connectivity index (χ2v) is 8.45. The number of amides is 1. The maximum absolute atomic E-state index is 11.6. The summed E-state index contributed by atoms with van der Waals surface area (Å²) < 4.78 is 0. The van der Waals surface area contributed by atoms with Gasteiger partial charge in [-0.3, -0.25) is 9.79 Å². The highest BCUT2D eigenvalue weighted by Crippen LogP contribution is 2.42. The number of carbonyl (C=O) groups excluding carboxylic acids is 1. The van der Waals surface area contributed by atoms with Gasteiger partial charge in [0.2, 0.25) is 5.91 Å². The molecule has 1 saturated carbocycles. The quantitative estimate of drug-likeness (QED) is 0.428. The van der Waals surface area contributed by atoms with E-state index in [9.17, 15) is 15.0 Å². The molecule has 2 rings (SSSR count). The number of hydrogen-bond donors (Lipinski definition) is 2. The summed E-state index contributed by atoms with van der Waals surface area (Å²) in [6.07, 6.45) is 12.5. The Bertz CT molecular complexity index is 530. The van der Waals surface area contributed by atoms with Crippen molar-refractivity contribution in [2.75, 3.05) is 14.1 Å². The van der Waals surface area contributed by atoms with Crippen molar-refractivity contribution < 1.29 is 15.0 Å². The van der Waals surface area contributed by atoms with E-state index in [0.29, 0.717) is 12.3 Å². The molecule has 0 spiro atoms. The second kappa shape index (κ2) is 11.0. The first-order valence-corrected chi connectivity index (χ1v) is 10.7. The van der Waals surface area contributed by atoms with Crippen LogP contribution in [0.3, 0.4) is 0 Å². The van der Waals surface area contributed by atoms with Gasteiger partial charge in [-0.25, -0.2) is 0 Å². The van der Waals surface area contributed by atoms with Gasteiger partial charge >= 0.3 is 0 Å². The van der Waals surface area contributed by atoms with Crippen molar-refractivity contribution in [3.8, 4) is 0 Å². The first-order chi connectivity index (χ1) is 12.9. The van der Waals surface area contributed by atoms with Gasteiger partial charge in [0.15, 0.2) is 0 Å². The molecule has 2 aliphatic rings. The van der Waals surface area contributed by atoms with Crippen molar-refractivity contribution in [2.24, 2.45) is 16.8 Å². The van der Waals surface area contributed by atoms with Gasteiger partial charge in [-0.1, -0.05) is 38.3 Å². The van der Waals surface area contributed by atoms with Crippen LogP contribution in [-0.2, 0) is 4.79 Å². The van der Waals surface area contributed by atoms with Gasteiger partial charge in [-0.15, -0.1) is 0 Å². The minimum atomic E-state index is -0.404. The Hall–Kier alpha value is -1.20. The molecular weight excluding hydrogens is 340 g/mol. The van der Waals surface area contributed by atoms with Crippen molar-refractivity contribution in [3.63, 3.8) is 0 Å². The summed E-state index contributed by atoms with van der Waals surface area (Å²) in [6, 6.07) is 0.227. The van der Waals surface area contributed by atoms with Crippen LogP contribution >= 0.6 is 0 Å². The normalized spacial score (nSPS) is 28.4. The third-order valence-corrected chi connectivity index (χ3v) is 6.00. The van der Waals surface area contributed by atoms with Crippen LogP contribution in [0.4, 0.5) is 0 Å². The van der Waals surface area contributed by atoms with Crippen molar-refractivity contribution >= 4 is 11.6 Å². The molecule has 1 aliphatic heterocycles. The van der Waals surface area contributed by atoms with Crippen LogP contribution in [0.2, 0.25) is 0 Å².